The summed E-state index contributed by atoms with van der Waals surface area (Å²) in [7, 11) is 3.50. The highest BCUT2D eigenvalue weighted by Gasteiger charge is 2.36. The number of amides is 1. The van der Waals surface area contributed by atoms with E-state index in [1.54, 1.807) is 14.2 Å². The van der Waals surface area contributed by atoms with Crippen molar-refractivity contribution in [3.8, 4) is 0 Å². The van der Waals surface area contributed by atoms with E-state index in [2.05, 4.69) is 36.9 Å². The van der Waals surface area contributed by atoms with Crippen molar-refractivity contribution in [3.05, 3.63) is 28.2 Å². The molecule has 1 aliphatic rings. The summed E-state index contributed by atoms with van der Waals surface area (Å²) in [4.78, 5) is 16.5. The summed E-state index contributed by atoms with van der Waals surface area (Å²) in [6, 6.07) is 5.85. The van der Waals surface area contributed by atoms with E-state index >= 15 is 0 Å². The van der Waals surface area contributed by atoms with Crippen LogP contribution >= 0.6 is 39.9 Å². The van der Waals surface area contributed by atoms with Gasteiger partial charge in [-0.1, -0.05) is 28.4 Å². The molecule has 3 N–H and O–H groups in total. The second kappa shape index (κ2) is 12.6. The highest BCUT2D eigenvalue weighted by Crippen LogP contribution is 2.43. The molecule has 8 heteroatoms. The van der Waals surface area contributed by atoms with Crippen LogP contribution in [0.3, 0.4) is 0 Å². The van der Waals surface area contributed by atoms with Crippen LogP contribution in [0.2, 0.25) is 0 Å². The summed E-state index contributed by atoms with van der Waals surface area (Å²) < 4.78 is 6.19. The van der Waals surface area contributed by atoms with Crippen molar-refractivity contribution in [3.63, 3.8) is 0 Å². The van der Waals surface area contributed by atoms with Gasteiger partial charge in [-0.3, -0.25) is 9.79 Å². The Morgan fingerprint density at radius 3 is 2.68 bits per heavy atom. The number of hydrogen-bond acceptors (Lipinski definition) is 3. The molecular formula is C20H32BrIN4O2. The molecule has 0 spiro atoms. The number of anilines is 1. The van der Waals surface area contributed by atoms with Gasteiger partial charge in [-0.05, 0) is 49.3 Å². The standard InChI is InChI=1S/C20H31BrN4O2.HI/c1-15-5-6-16(21)13-17(15)25-18(26)7-11-23-19(22-2)24-14-20(8-4-9-20)10-12-27-3;/h5-6,13H,4,7-12,14H2,1-3H3,(H,25,26)(H2,22,23,24);1H. The quantitative estimate of drug-likeness (QED) is 0.239. The van der Waals surface area contributed by atoms with Crippen LogP contribution in [-0.2, 0) is 9.53 Å². The maximum Gasteiger partial charge on any atom is 0.226 e. The van der Waals surface area contributed by atoms with Crippen molar-refractivity contribution in [1.29, 1.82) is 0 Å². The van der Waals surface area contributed by atoms with Crippen LogP contribution in [0.1, 0.15) is 37.7 Å². The maximum absolute atomic E-state index is 12.2. The number of aliphatic imine (C=N–C) groups is 1. The van der Waals surface area contributed by atoms with E-state index in [4.69, 9.17) is 4.74 Å². The van der Waals surface area contributed by atoms with Gasteiger partial charge in [0.05, 0.1) is 0 Å². The Balaban J connectivity index is 0.00000392. The Bertz CT molecular complexity index is 666. The van der Waals surface area contributed by atoms with Crippen molar-refractivity contribution < 1.29 is 9.53 Å². The van der Waals surface area contributed by atoms with Gasteiger partial charge in [0.2, 0.25) is 5.91 Å². The van der Waals surface area contributed by atoms with Gasteiger partial charge in [-0.15, -0.1) is 24.0 Å². The van der Waals surface area contributed by atoms with E-state index in [0.717, 1.165) is 41.3 Å². The van der Waals surface area contributed by atoms with Gasteiger partial charge < -0.3 is 20.7 Å². The zero-order valence-electron chi connectivity index (χ0n) is 16.9. The maximum atomic E-state index is 12.2. The van der Waals surface area contributed by atoms with Gasteiger partial charge in [-0.2, -0.15) is 0 Å². The monoisotopic (exact) mass is 566 g/mol. The highest BCUT2D eigenvalue weighted by atomic mass is 127. The molecular weight excluding hydrogens is 535 g/mol. The average Bonchev–Trinajstić information content (AvgIpc) is 2.62. The van der Waals surface area contributed by atoms with Gasteiger partial charge in [-0.25, -0.2) is 0 Å². The van der Waals surface area contributed by atoms with Gasteiger partial charge in [0.25, 0.3) is 0 Å². The van der Waals surface area contributed by atoms with E-state index in [-0.39, 0.29) is 29.9 Å². The minimum atomic E-state index is -0.0188. The molecule has 0 aromatic heterocycles. The van der Waals surface area contributed by atoms with Crippen LogP contribution in [0.15, 0.2) is 27.7 Å². The van der Waals surface area contributed by atoms with Crippen LogP contribution < -0.4 is 16.0 Å². The Morgan fingerprint density at radius 1 is 1.32 bits per heavy atom. The topological polar surface area (TPSA) is 74.8 Å². The molecule has 0 aliphatic heterocycles. The number of benzene rings is 1. The van der Waals surface area contributed by atoms with E-state index in [9.17, 15) is 4.79 Å². The third kappa shape index (κ3) is 7.87. The second-order valence-electron chi connectivity index (χ2n) is 7.21. The number of carbonyl (C=O) groups is 1. The SMILES string of the molecule is CN=C(NCCC(=O)Nc1cc(Br)ccc1C)NCC1(CCOC)CCC1.I. The lowest BCUT2D eigenvalue weighted by Crippen LogP contribution is -2.47. The first kappa shape index (κ1) is 25.2. The summed E-state index contributed by atoms with van der Waals surface area (Å²) >= 11 is 3.43. The first-order chi connectivity index (χ1) is 13.0. The van der Waals surface area contributed by atoms with Crippen molar-refractivity contribution >= 4 is 57.5 Å². The van der Waals surface area contributed by atoms with Crippen LogP contribution in [0.25, 0.3) is 0 Å². The van der Waals surface area contributed by atoms with Crippen LogP contribution in [0.5, 0.6) is 0 Å². The molecule has 28 heavy (non-hydrogen) atoms. The van der Waals surface area contributed by atoms with Crippen molar-refractivity contribution in [2.24, 2.45) is 10.4 Å². The molecule has 1 amide bonds. The van der Waals surface area contributed by atoms with Crippen LogP contribution in [0, 0.1) is 12.3 Å². The lowest BCUT2D eigenvalue weighted by Gasteiger charge is -2.42. The molecule has 6 nitrogen and oxygen atoms in total. The predicted octanol–water partition coefficient (Wildman–Crippen LogP) is 4.08. The summed E-state index contributed by atoms with van der Waals surface area (Å²) in [6.07, 6.45) is 5.19. The fourth-order valence-corrected chi connectivity index (χ4v) is 3.60. The van der Waals surface area contributed by atoms with Crippen LogP contribution in [-0.4, -0.2) is 45.7 Å². The molecule has 158 valence electrons. The van der Waals surface area contributed by atoms with E-state index < -0.39 is 0 Å². The number of halogens is 2. The molecule has 1 aromatic rings. The fraction of sp³-hybridized carbons (Fsp3) is 0.600. The minimum Gasteiger partial charge on any atom is -0.385 e. The Kier molecular flexibility index (Phi) is 11.4. The first-order valence-electron chi connectivity index (χ1n) is 9.47. The van der Waals surface area contributed by atoms with Crippen molar-refractivity contribution in [2.75, 3.05) is 39.2 Å². The van der Waals surface area contributed by atoms with Crippen molar-refractivity contribution in [1.82, 2.24) is 10.6 Å². The Morgan fingerprint density at radius 2 is 2.07 bits per heavy atom. The molecule has 0 atom stereocenters. The number of carbonyl (C=O) groups excluding carboxylic acids is 1. The highest BCUT2D eigenvalue weighted by molar-refractivity contribution is 14.0. The zero-order chi connectivity index (χ0) is 19.7. The van der Waals surface area contributed by atoms with E-state index in [0.29, 0.717) is 18.4 Å². The number of guanidine groups is 1. The Hall–Kier alpha value is -0.870. The normalized spacial score (nSPS) is 15.2. The van der Waals surface area contributed by atoms with Gasteiger partial charge in [0.15, 0.2) is 5.96 Å². The second-order valence-corrected chi connectivity index (χ2v) is 8.12. The molecule has 0 unspecified atom stereocenters. The summed E-state index contributed by atoms with van der Waals surface area (Å²) in [5.41, 5.74) is 2.20. The largest absolute Gasteiger partial charge is 0.385 e. The van der Waals surface area contributed by atoms with Crippen LogP contribution in [0.4, 0.5) is 5.69 Å². The summed E-state index contributed by atoms with van der Waals surface area (Å²) in [5, 5.41) is 9.59. The molecule has 1 aromatic carbocycles. The third-order valence-corrected chi connectivity index (χ3v) is 5.72. The molecule has 0 saturated heterocycles. The van der Waals surface area contributed by atoms with Crippen molar-refractivity contribution in [2.45, 2.75) is 39.0 Å². The number of ether oxygens (including phenoxy) is 1. The number of rotatable bonds is 9. The summed E-state index contributed by atoms with van der Waals surface area (Å²) in [5.74, 6) is 0.722. The summed E-state index contributed by atoms with van der Waals surface area (Å²) in [6.45, 7) is 4.19. The van der Waals surface area contributed by atoms with E-state index in [1.807, 2.05) is 25.1 Å². The molecule has 0 bridgehead atoms. The number of methoxy groups -OCH3 is 1. The number of hydrogen-bond donors (Lipinski definition) is 3. The molecule has 1 saturated carbocycles. The zero-order valence-corrected chi connectivity index (χ0v) is 20.9. The number of nitrogens with zero attached hydrogens (tertiary/aromatic N) is 1. The third-order valence-electron chi connectivity index (χ3n) is 5.22. The molecule has 2 rings (SSSR count). The smallest absolute Gasteiger partial charge is 0.226 e. The molecule has 1 aliphatic carbocycles. The lowest BCUT2D eigenvalue weighted by atomic mass is 9.67. The van der Waals surface area contributed by atoms with Gasteiger partial charge >= 0.3 is 0 Å². The fourth-order valence-electron chi connectivity index (χ4n) is 3.24. The van der Waals surface area contributed by atoms with Gasteiger partial charge in [0.1, 0.15) is 0 Å². The molecule has 0 radical (unpaired) electrons. The lowest BCUT2D eigenvalue weighted by molar-refractivity contribution is -0.116. The number of nitrogens with one attached hydrogen (secondary N) is 3. The van der Waals surface area contributed by atoms with Gasteiger partial charge in [0, 0.05) is 50.4 Å². The first-order valence-corrected chi connectivity index (χ1v) is 10.3. The molecule has 1 fully saturated rings. The average molecular weight is 567 g/mol. The predicted molar refractivity (Wildman–Crippen MR) is 130 cm³/mol. The molecule has 0 heterocycles. The van der Waals surface area contributed by atoms with E-state index in [1.165, 1.54) is 19.3 Å². The Labute approximate surface area is 193 Å². The number of aryl methyl sites for hydroxylation is 1. The minimum absolute atomic E-state index is 0.